The molecule has 10 heavy (non-hydrogen) atoms. The van der Waals surface area contributed by atoms with E-state index in [0.717, 1.165) is 0 Å². The van der Waals surface area contributed by atoms with E-state index in [4.69, 9.17) is 11.8 Å². The van der Waals surface area contributed by atoms with Gasteiger partial charge in [0, 0.05) is 32.7 Å². The Morgan fingerprint density at radius 1 is 1.90 bits per heavy atom. The van der Waals surface area contributed by atoms with Crippen LogP contribution in [0.4, 0.5) is 0 Å². The van der Waals surface area contributed by atoms with E-state index in [1.807, 2.05) is 0 Å². The van der Waals surface area contributed by atoms with E-state index in [1.54, 1.807) is 13.0 Å². The third-order valence-corrected chi connectivity index (χ3v) is 0.531. The summed E-state index contributed by atoms with van der Waals surface area (Å²) in [7, 11) is 0. The first-order valence-electron chi connectivity index (χ1n) is 2.37. The number of nitriles is 1. The molecule has 4 heteroatoms. The van der Waals surface area contributed by atoms with E-state index in [2.05, 4.69) is 15.8 Å². The van der Waals surface area contributed by atoms with Crippen molar-refractivity contribution in [1.29, 1.82) is 5.26 Å². The van der Waals surface area contributed by atoms with Crippen LogP contribution in [-0.2, 0) is 37.4 Å². The summed E-state index contributed by atoms with van der Waals surface area (Å²) >= 11 is 0. The summed E-state index contributed by atoms with van der Waals surface area (Å²) in [4.78, 5) is 2.81. The van der Waals surface area contributed by atoms with Crippen LogP contribution in [0.15, 0.2) is 5.70 Å². The van der Waals surface area contributed by atoms with E-state index in [9.17, 15) is 0 Å². The zero-order valence-corrected chi connectivity index (χ0v) is 8.43. The molecule has 0 atom stereocenters. The molecular formula is C6H5N2OY-. The van der Waals surface area contributed by atoms with Crippen LogP contribution in [0.1, 0.15) is 6.92 Å². The van der Waals surface area contributed by atoms with Crippen molar-refractivity contribution in [3.63, 3.8) is 0 Å². The van der Waals surface area contributed by atoms with Crippen LogP contribution in [0.3, 0.4) is 0 Å². The van der Waals surface area contributed by atoms with Gasteiger partial charge >= 0.3 is 0 Å². The van der Waals surface area contributed by atoms with E-state index < -0.39 is 0 Å². The molecule has 0 rings (SSSR count). The van der Waals surface area contributed by atoms with Crippen LogP contribution in [-0.4, -0.2) is 6.61 Å². The summed E-state index contributed by atoms with van der Waals surface area (Å²) in [5.74, 6) is 0. The van der Waals surface area contributed by atoms with Gasteiger partial charge in [-0.2, -0.15) is 6.07 Å². The molecule has 1 radical (unpaired) electrons. The molecule has 0 fully saturated rings. The maximum atomic E-state index is 8.11. The van der Waals surface area contributed by atoms with Crippen molar-refractivity contribution in [2.75, 3.05) is 6.61 Å². The van der Waals surface area contributed by atoms with Crippen LogP contribution >= 0.6 is 0 Å². The summed E-state index contributed by atoms with van der Waals surface area (Å²) < 4.78 is 4.55. The van der Waals surface area contributed by atoms with Crippen molar-refractivity contribution in [3.05, 3.63) is 23.4 Å². The smallest absolute Gasteiger partial charge is 0.111 e. The van der Waals surface area contributed by atoms with Crippen molar-refractivity contribution >= 4 is 0 Å². The van der Waals surface area contributed by atoms with E-state index in [1.165, 1.54) is 0 Å². The van der Waals surface area contributed by atoms with E-state index >= 15 is 0 Å². The van der Waals surface area contributed by atoms with Crippen molar-refractivity contribution < 1.29 is 37.4 Å². The van der Waals surface area contributed by atoms with Crippen LogP contribution < -0.4 is 0 Å². The van der Waals surface area contributed by atoms with Gasteiger partial charge in [-0.25, -0.2) is 0 Å². The van der Waals surface area contributed by atoms with Crippen molar-refractivity contribution in [1.82, 2.24) is 0 Å². The summed E-state index contributed by atoms with van der Waals surface area (Å²) in [5.41, 5.74) is -0.142. The Hall–Kier alpha value is -0.376. The summed E-state index contributed by atoms with van der Waals surface area (Å²) in [6.45, 7) is 8.55. The second kappa shape index (κ2) is 8.62. The first kappa shape index (κ1) is 12.3. The number of rotatable bonds is 2. The fraction of sp³-hybridized carbons (Fsp3) is 0.333. The molecule has 0 amide bonds. The van der Waals surface area contributed by atoms with Gasteiger partial charge in [0.15, 0.2) is 0 Å². The molecule has 0 unspecified atom stereocenters. The topological polar surface area (TPSA) is 37.4 Å². The minimum atomic E-state index is -0.142. The molecular weight excluding hydrogens is 205 g/mol. The van der Waals surface area contributed by atoms with Crippen LogP contribution in [0.5, 0.6) is 0 Å². The first-order valence-corrected chi connectivity index (χ1v) is 2.37. The molecule has 0 saturated heterocycles. The van der Waals surface area contributed by atoms with Crippen LogP contribution in [0.2, 0.25) is 0 Å². The van der Waals surface area contributed by atoms with Gasteiger partial charge < -0.3 is 10.00 Å². The van der Waals surface area contributed by atoms with E-state index in [0.29, 0.717) is 6.61 Å². The molecule has 0 bridgehead atoms. The second-order valence-corrected chi connectivity index (χ2v) is 1.11. The van der Waals surface area contributed by atoms with Gasteiger partial charge in [0.05, 0.1) is 13.2 Å². The molecule has 0 heterocycles. The molecule has 3 nitrogen and oxygen atoms in total. The largest absolute Gasteiger partial charge is 0.605 e. The Morgan fingerprint density at radius 3 is 2.80 bits per heavy atom. The summed E-state index contributed by atoms with van der Waals surface area (Å²) in [6.07, 6.45) is 2.17. The maximum absolute atomic E-state index is 8.11. The minimum absolute atomic E-state index is 0. The Labute approximate surface area is 85.4 Å². The molecule has 0 aliphatic carbocycles. The monoisotopic (exact) mass is 210 g/mol. The summed E-state index contributed by atoms with van der Waals surface area (Å²) in [6, 6.07) is 1.61. The number of nitrogens with zero attached hydrogens (tertiary/aromatic N) is 2. The van der Waals surface area contributed by atoms with Crippen LogP contribution in [0.25, 0.3) is 4.85 Å². The minimum Gasteiger partial charge on any atom is -0.605 e. The Kier molecular flexibility index (Phi) is 10.6. The van der Waals surface area contributed by atoms with E-state index in [-0.39, 0.29) is 38.4 Å². The van der Waals surface area contributed by atoms with Gasteiger partial charge in [-0.05, 0) is 6.92 Å². The molecule has 0 aromatic heterocycles. The van der Waals surface area contributed by atoms with Crippen molar-refractivity contribution in [3.8, 4) is 6.07 Å². The second-order valence-electron chi connectivity index (χ2n) is 1.11. The SMILES string of the molecule is [C-]#[N+]C(C#N)=[C-]OCC.[Y]. The maximum Gasteiger partial charge on any atom is 0.111 e. The van der Waals surface area contributed by atoms with Gasteiger partial charge in [-0.15, -0.1) is 0 Å². The fourth-order valence-electron chi connectivity index (χ4n) is 0.211. The predicted molar refractivity (Wildman–Crippen MR) is 30.6 cm³/mol. The molecule has 0 N–H and O–H groups in total. The Bertz CT molecular complexity index is 171. The first-order chi connectivity index (χ1) is 4.35. The fourth-order valence-corrected chi connectivity index (χ4v) is 0.211. The number of hydrogen-bond donors (Lipinski definition) is 0. The summed E-state index contributed by atoms with van der Waals surface area (Å²) in [5, 5.41) is 8.11. The zero-order valence-electron chi connectivity index (χ0n) is 5.59. The van der Waals surface area contributed by atoms with Gasteiger partial charge in [0.2, 0.25) is 0 Å². The standard InChI is InChI=1S/C6H5N2O.Y/c1-3-9-5-6(4-7)8-2;/h3H2,1H3;/q-1;. The number of ether oxygens (including phenoxy) is 1. The Balaban J connectivity index is 0. The third kappa shape index (κ3) is 5.76. The molecule has 0 aliphatic heterocycles. The average Bonchev–Trinajstić information content (AvgIpc) is 1.91. The quantitative estimate of drug-likeness (QED) is 0.389. The van der Waals surface area contributed by atoms with Crippen molar-refractivity contribution in [2.24, 2.45) is 0 Å². The number of allylic oxidation sites excluding steroid dienone is 1. The number of hydrogen-bond acceptors (Lipinski definition) is 2. The molecule has 0 saturated carbocycles. The molecule has 0 aromatic rings. The average molecular weight is 210 g/mol. The van der Waals surface area contributed by atoms with Crippen LogP contribution in [0, 0.1) is 24.2 Å². The zero-order chi connectivity index (χ0) is 7.11. The normalized spacial score (nSPS) is 8.50. The molecule has 0 aliphatic rings. The molecule has 0 aromatic carbocycles. The van der Waals surface area contributed by atoms with Gasteiger partial charge in [-0.1, -0.05) is 6.26 Å². The third-order valence-electron chi connectivity index (χ3n) is 0.531. The Morgan fingerprint density at radius 2 is 2.50 bits per heavy atom. The molecule has 0 spiro atoms. The predicted octanol–water partition coefficient (Wildman–Crippen LogP) is 1.11. The van der Waals surface area contributed by atoms with Gasteiger partial charge in [0.25, 0.3) is 0 Å². The van der Waals surface area contributed by atoms with Gasteiger partial charge in [-0.3, -0.25) is 4.85 Å². The molecule has 49 valence electrons. The van der Waals surface area contributed by atoms with Gasteiger partial charge in [0.1, 0.15) is 5.70 Å². The van der Waals surface area contributed by atoms with Crippen molar-refractivity contribution in [2.45, 2.75) is 6.92 Å².